The number of pyridine rings is 1. The van der Waals surface area contributed by atoms with Crippen LogP contribution in [0.25, 0.3) is 88.5 Å². The molecule has 1 aliphatic carbocycles. The van der Waals surface area contributed by atoms with Crippen molar-refractivity contribution < 1.29 is 0 Å². The maximum atomic E-state index is 4.85. The second-order valence-corrected chi connectivity index (χ2v) is 14.8. The largest absolute Gasteiger partial charge is 0.309 e. The fourth-order valence-electron chi connectivity index (χ4n) is 9.00. The quantitative estimate of drug-likeness (QED) is 0.182. The molecule has 7 aromatic carbocycles. The van der Waals surface area contributed by atoms with Gasteiger partial charge in [-0.15, -0.1) is 0 Å². The van der Waals surface area contributed by atoms with Crippen LogP contribution in [0.15, 0.2) is 176 Å². The van der Waals surface area contributed by atoms with E-state index < -0.39 is 0 Å². The lowest BCUT2D eigenvalue weighted by molar-refractivity contribution is 0.659. The molecule has 0 fully saturated rings. The Kier molecular flexibility index (Phi) is 6.30. The minimum absolute atomic E-state index is 0.0749. The Balaban J connectivity index is 1.03. The predicted molar refractivity (Wildman–Crippen MR) is 221 cm³/mol. The van der Waals surface area contributed by atoms with Crippen molar-refractivity contribution >= 4 is 43.6 Å². The summed E-state index contributed by atoms with van der Waals surface area (Å²) < 4.78 is 4.79. The van der Waals surface area contributed by atoms with Crippen molar-refractivity contribution in [2.24, 2.45) is 0 Å². The predicted octanol–water partition coefficient (Wildman–Crippen LogP) is 12.9. The zero-order chi connectivity index (χ0) is 35.3. The first-order valence-electron chi connectivity index (χ1n) is 18.4. The van der Waals surface area contributed by atoms with E-state index in [1.54, 1.807) is 0 Å². The molecule has 0 unspecified atom stereocenters. The Hall–Kier alpha value is -6.71. The maximum Gasteiger partial charge on any atom is 0.0746 e. The number of aromatic nitrogens is 3. The minimum Gasteiger partial charge on any atom is -0.309 e. The highest BCUT2D eigenvalue weighted by atomic mass is 15.0. The monoisotopic (exact) mass is 677 g/mol. The molecule has 1 aliphatic rings. The van der Waals surface area contributed by atoms with E-state index in [1.807, 2.05) is 6.20 Å². The fourth-order valence-corrected chi connectivity index (χ4v) is 9.00. The second-order valence-electron chi connectivity index (χ2n) is 14.8. The average Bonchev–Trinajstić information content (AvgIpc) is 3.81. The number of hydrogen-bond donors (Lipinski definition) is 0. The molecule has 0 saturated heterocycles. The first-order chi connectivity index (χ1) is 26.0. The molecule has 3 nitrogen and oxygen atoms in total. The summed E-state index contributed by atoms with van der Waals surface area (Å²) in [7, 11) is 0. The number of nitrogens with zero attached hydrogens (tertiary/aromatic N) is 3. The van der Waals surface area contributed by atoms with Crippen molar-refractivity contribution in [1.82, 2.24) is 14.1 Å². The van der Waals surface area contributed by atoms with Crippen LogP contribution in [0.4, 0.5) is 0 Å². The molecule has 0 saturated carbocycles. The lowest BCUT2D eigenvalue weighted by Crippen LogP contribution is -2.15. The highest BCUT2D eigenvalue weighted by Gasteiger charge is 2.36. The summed E-state index contributed by atoms with van der Waals surface area (Å²) in [6, 6.07) is 62.2. The van der Waals surface area contributed by atoms with E-state index in [9.17, 15) is 0 Å². The topological polar surface area (TPSA) is 22.8 Å². The maximum absolute atomic E-state index is 4.85. The first-order valence-corrected chi connectivity index (χ1v) is 18.4. The van der Waals surface area contributed by atoms with Crippen LogP contribution in [-0.4, -0.2) is 14.1 Å². The molecule has 0 spiro atoms. The molecule has 3 heterocycles. The van der Waals surface area contributed by atoms with E-state index >= 15 is 0 Å². The van der Waals surface area contributed by atoms with Crippen molar-refractivity contribution in [3.8, 4) is 44.9 Å². The number of para-hydroxylation sites is 3. The number of benzene rings is 7. The van der Waals surface area contributed by atoms with Crippen molar-refractivity contribution in [2.45, 2.75) is 19.3 Å². The molecule has 3 heteroatoms. The smallest absolute Gasteiger partial charge is 0.0746 e. The summed E-state index contributed by atoms with van der Waals surface area (Å²) in [6.45, 7) is 4.61. The number of rotatable bonds is 4. The Bertz CT molecular complexity index is 3090. The third-order valence-corrected chi connectivity index (χ3v) is 11.6. The van der Waals surface area contributed by atoms with Gasteiger partial charge in [0, 0.05) is 50.1 Å². The number of hydrogen-bond acceptors (Lipinski definition) is 1. The Morgan fingerprint density at radius 3 is 1.62 bits per heavy atom. The minimum atomic E-state index is -0.0749. The summed E-state index contributed by atoms with van der Waals surface area (Å²) in [5, 5.41) is 5.02. The molecule has 0 amide bonds. The molecule has 250 valence electrons. The van der Waals surface area contributed by atoms with E-state index in [0.29, 0.717) is 0 Å². The summed E-state index contributed by atoms with van der Waals surface area (Å²) in [4.78, 5) is 4.85. The van der Waals surface area contributed by atoms with E-state index in [0.717, 1.165) is 11.4 Å². The van der Waals surface area contributed by atoms with Crippen LogP contribution in [0, 0.1) is 0 Å². The van der Waals surface area contributed by atoms with Crippen LogP contribution in [0.2, 0.25) is 0 Å². The van der Waals surface area contributed by atoms with Crippen molar-refractivity contribution in [1.29, 1.82) is 0 Å². The van der Waals surface area contributed by atoms with Gasteiger partial charge in [-0.3, -0.25) is 4.98 Å². The van der Waals surface area contributed by atoms with Gasteiger partial charge in [0.25, 0.3) is 0 Å². The van der Waals surface area contributed by atoms with Crippen LogP contribution in [0.3, 0.4) is 0 Å². The zero-order valence-electron chi connectivity index (χ0n) is 29.6. The Morgan fingerprint density at radius 1 is 0.396 bits per heavy atom. The van der Waals surface area contributed by atoms with Crippen molar-refractivity contribution in [2.75, 3.05) is 0 Å². The Morgan fingerprint density at radius 2 is 0.962 bits per heavy atom. The van der Waals surface area contributed by atoms with Gasteiger partial charge in [0.2, 0.25) is 0 Å². The van der Waals surface area contributed by atoms with Gasteiger partial charge >= 0.3 is 0 Å². The van der Waals surface area contributed by atoms with Crippen LogP contribution >= 0.6 is 0 Å². The average molecular weight is 678 g/mol. The van der Waals surface area contributed by atoms with Gasteiger partial charge in [-0.25, -0.2) is 0 Å². The van der Waals surface area contributed by atoms with Gasteiger partial charge in [0.05, 0.1) is 27.8 Å². The normalized spacial score (nSPS) is 13.2. The van der Waals surface area contributed by atoms with Gasteiger partial charge in [-0.2, -0.15) is 0 Å². The highest BCUT2D eigenvalue weighted by molar-refractivity contribution is 6.12. The second kappa shape index (κ2) is 11.1. The third kappa shape index (κ3) is 4.37. The molecule has 11 rings (SSSR count). The summed E-state index contributed by atoms with van der Waals surface area (Å²) in [5.41, 5.74) is 16.9. The SMILES string of the molecule is CC1(C)c2ccc(-n3c4ccccc4c4cc(-c5cccc(-c6ccc7c(c6)c6ccccc6n7-c6ccccc6)c5)ccc43)cc2-c2ncccc21. The van der Waals surface area contributed by atoms with Gasteiger partial charge in [-0.05, 0) is 106 Å². The third-order valence-electron chi connectivity index (χ3n) is 11.6. The molecule has 3 aromatic heterocycles. The molecule has 0 aliphatic heterocycles. The fraction of sp³-hybridized carbons (Fsp3) is 0.0600. The first kappa shape index (κ1) is 30.0. The van der Waals surface area contributed by atoms with Crippen molar-refractivity contribution in [3.63, 3.8) is 0 Å². The summed E-state index contributed by atoms with van der Waals surface area (Å²) in [6.07, 6.45) is 1.91. The van der Waals surface area contributed by atoms with Crippen LogP contribution in [0.1, 0.15) is 25.0 Å². The number of fused-ring (bicyclic) bond motifs is 9. The molecule has 0 radical (unpaired) electrons. The lowest BCUT2D eigenvalue weighted by Gasteiger charge is -2.21. The standard InChI is InChI=1S/C50H35N3/c1-50(2)43-24-23-37(31-42(43)49-44(50)18-11-27-51-49)53-46-20-9-7-17-39(46)41-30-35(22-26-48(41)53)33-13-10-12-32(28-33)34-21-25-47-40(29-34)38-16-6-8-19-45(38)52(47)36-14-4-3-5-15-36/h3-31H,1-2H3. The van der Waals surface area contributed by atoms with E-state index in [-0.39, 0.29) is 5.41 Å². The molecule has 0 N–H and O–H groups in total. The van der Waals surface area contributed by atoms with E-state index in [1.165, 1.54) is 88.2 Å². The molecular formula is C50H35N3. The van der Waals surface area contributed by atoms with E-state index in [4.69, 9.17) is 4.98 Å². The van der Waals surface area contributed by atoms with Gasteiger partial charge in [0.1, 0.15) is 0 Å². The van der Waals surface area contributed by atoms with Gasteiger partial charge < -0.3 is 9.13 Å². The van der Waals surface area contributed by atoms with Gasteiger partial charge in [-0.1, -0.05) is 111 Å². The Labute approximate surface area is 308 Å². The molecule has 10 aromatic rings. The lowest BCUT2D eigenvalue weighted by atomic mass is 9.83. The van der Waals surface area contributed by atoms with Crippen LogP contribution < -0.4 is 0 Å². The molecule has 0 atom stereocenters. The molecule has 53 heavy (non-hydrogen) atoms. The zero-order valence-corrected chi connectivity index (χ0v) is 29.6. The van der Waals surface area contributed by atoms with Crippen molar-refractivity contribution in [3.05, 3.63) is 187 Å². The summed E-state index contributed by atoms with van der Waals surface area (Å²) >= 11 is 0. The molecular weight excluding hydrogens is 643 g/mol. The van der Waals surface area contributed by atoms with E-state index in [2.05, 4.69) is 193 Å². The van der Waals surface area contributed by atoms with Gasteiger partial charge in [0.15, 0.2) is 0 Å². The molecule has 0 bridgehead atoms. The highest BCUT2D eigenvalue weighted by Crippen LogP contribution is 2.48. The summed E-state index contributed by atoms with van der Waals surface area (Å²) in [5.74, 6) is 0. The van der Waals surface area contributed by atoms with Crippen LogP contribution in [-0.2, 0) is 5.41 Å². The van der Waals surface area contributed by atoms with Crippen LogP contribution in [0.5, 0.6) is 0 Å².